The zero-order valence-corrected chi connectivity index (χ0v) is 10.5. The molecule has 100 valence electrons. The first-order valence-electron chi connectivity index (χ1n) is 5.56. The summed E-state index contributed by atoms with van der Waals surface area (Å²) in [5.41, 5.74) is -0.226. The van der Waals surface area contributed by atoms with Crippen molar-refractivity contribution in [1.29, 1.82) is 0 Å². The second-order valence-electron chi connectivity index (χ2n) is 4.12. The fourth-order valence-electron chi connectivity index (χ4n) is 1.30. The van der Waals surface area contributed by atoms with E-state index in [-0.39, 0.29) is 29.8 Å². The molecule has 0 radical (unpaired) electrons. The summed E-state index contributed by atoms with van der Waals surface area (Å²) in [6.07, 6.45) is 0.626. The smallest absolute Gasteiger partial charge is 0.353 e. The van der Waals surface area contributed by atoms with Crippen molar-refractivity contribution < 1.29 is 10.0 Å². The molecule has 18 heavy (non-hydrogen) atoms. The van der Waals surface area contributed by atoms with E-state index in [0.717, 1.165) is 0 Å². The molecule has 1 unspecified atom stereocenters. The first-order chi connectivity index (χ1) is 8.47. The molecule has 1 aromatic rings. The molecular weight excluding hydrogens is 238 g/mol. The van der Waals surface area contributed by atoms with Crippen LogP contribution in [-0.4, -0.2) is 39.7 Å². The van der Waals surface area contributed by atoms with E-state index in [9.17, 15) is 15.2 Å². The maximum Gasteiger partial charge on any atom is 0.353 e. The lowest BCUT2D eigenvalue weighted by molar-refractivity contribution is -0.383. The molecule has 0 saturated carbocycles. The molecule has 1 heterocycles. The van der Waals surface area contributed by atoms with Crippen LogP contribution < -0.4 is 10.6 Å². The lowest BCUT2D eigenvalue weighted by Gasteiger charge is -2.15. The zero-order valence-electron chi connectivity index (χ0n) is 10.5. The monoisotopic (exact) mass is 255 g/mol. The van der Waals surface area contributed by atoms with Gasteiger partial charge in [0.1, 0.15) is 6.33 Å². The highest BCUT2D eigenvalue weighted by Gasteiger charge is 2.22. The first kappa shape index (κ1) is 14.1. The number of rotatable bonds is 6. The number of hydrogen-bond donors (Lipinski definition) is 3. The van der Waals surface area contributed by atoms with Gasteiger partial charge >= 0.3 is 5.69 Å². The minimum Gasteiger partial charge on any atom is -0.391 e. The third-order valence-corrected chi connectivity index (χ3v) is 2.49. The van der Waals surface area contributed by atoms with Crippen molar-refractivity contribution in [3.05, 3.63) is 16.4 Å². The Hall–Kier alpha value is -1.96. The molecule has 0 aliphatic carbocycles. The predicted octanol–water partition coefficient (Wildman–Crippen LogP) is 0.855. The van der Waals surface area contributed by atoms with Crippen LogP contribution in [0.2, 0.25) is 0 Å². The lowest BCUT2D eigenvalue weighted by Crippen LogP contribution is -2.25. The molecule has 1 rings (SSSR count). The van der Waals surface area contributed by atoms with Gasteiger partial charge in [0.05, 0.1) is 11.0 Å². The highest BCUT2D eigenvalue weighted by molar-refractivity contribution is 5.68. The zero-order chi connectivity index (χ0) is 13.7. The van der Waals surface area contributed by atoms with Gasteiger partial charge in [0, 0.05) is 13.6 Å². The van der Waals surface area contributed by atoms with E-state index >= 15 is 0 Å². The molecule has 0 aliphatic rings. The molecule has 1 atom stereocenters. The maximum atomic E-state index is 11.0. The van der Waals surface area contributed by atoms with Crippen LogP contribution in [0.3, 0.4) is 0 Å². The Morgan fingerprint density at radius 3 is 2.56 bits per heavy atom. The van der Waals surface area contributed by atoms with Gasteiger partial charge in [-0.3, -0.25) is 10.1 Å². The topological polar surface area (TPSA) is 113 Å². The normalized spacial score (nSPS) is 12.3. The van der Waals surface area contributed by atoms with Gasteiger partial charge < -0.3 is 15.7 Å². The molecule has 8 heteroatoms. The van der Waals surface area contributed by atoms with E-state index < -0.39 is 11.0 Å². The molecule has 0 amide bonds. The summed E-state index contributed by atoms with van der Waals surface area (Å²) in [6, 6.07) is 0. The minimum absolute atomic E-state index is 0.0576. The van der Waals surface area contributed by atoms with Crippen LogP contribution >= 0.6 is 0 Å². The molecule has 0 spiro atoms. The van der Waals surface area contributed by atoms with Gasteiger partial charge in [-0.15, -0.1) is 0 Å². The number of nitro groups is 1. The number of anilines is 2. The summed E-state index contributed by atoms with van der Waals surface area (Å²) >= 11 is 0. The van der Waals surface area contributed by atoms with Gasteiger partial charge in [0.15, 0.2) is 0 Å². The Kier molecular flexibility index (Phi) is 4.78. The second-order valence-corrected chi connectivity index (χ2v) is 4.12. The molecule has 0 aromatic carbocycles. The third kappa shape index (κ3) is 3.27. The molecule has 3 N–H and O–H groups in total. The fourth-order valence-corrected chi connectivity index (χ4v) is 1.30. The summed E-state index contributed by atoms with van der Waals surface area (Å²) in [4.78, 5) is 18.0. The van der Waals surface area contributed by atoms with Crippen LogP contribution in [-0.2, 0) is 0 Å². The van der Waals surface area contributed by atoms with Gasteiger partial charge in [-0.05, 0) is 5.92 Å². The van der Waals surface area contributed by atoms with E-state index in [2.05, 4.69) is 20.6 Å². The van der Waals surface area contributed by atoms with Gasteiger partial charge in [0.25, 0.3) is 0 Å². The van der Waals surface area contributed by atoms with Gasteiger partial charge in [-0.25, -0.2) is 9.97 Å². The van der Waals surface area contributed by atoms with Crippen molar-refractivity contribution in [3.8, 4) is 0 Å². The van der Waals surface area contributed by atoms with Crippen molar-refractivity contribution in [1.82, 2.24) is 9.97 Å². The summed E-state index contributed by atoms with van der Waals surface area (Å²) < 4.78 is 0. The number of aromatic nitrogens is 2. The highest BCUT2D eigenvalue weighted by Crippen LogP contribution is 2.28. The van der Waals surface area contributed by atoms with Gasteiger partial charge in [0.2, 0.25) is 11.6 Å². The first-order valence-corrected chi connectivity index (χ1v) is 5.56. The van der Waals surface area contributed by atoms with Crippen LogP contribution in [0.5, 0.6) is 0 Å². The van der Waals surface area contributed by atoms with Crippen LogP contribution in [0.25, 0.3) is 0 Å². The number of aliphatic hydroxyl groups excluding tert-OH is 1. The molecular formula is C10H17N5O3. The predicted molar refractivity (Wildman–Crippen MR) is 67.6 cm³/mol. The van der Waals surface area contributed by atoms with E-state index in [0.29, 0.717) is 0 Å². The van der Waals surface area contributed by atoms with Crippen molar-refractivity contribution in [2.24, 2.45) is 5.92 Å². The fraction of sp³-hybridized carbons (Fsp3) is 0.600. The number of nitrogens with one attached hydrogen (secondary N) is 2. The van der Waals surface area contributed by atoms with Crippen LogP contribution in [0.4, 0.5) is 17.3 Å². The summed E-state index contributed by atoms with van der Waals surface area (Å²) in [5, 5.41) is 26.0. The molecule has 1 aromatic heterocycles. The van der Waals surface area contributed by atoms with Gasteiger partial charge in [-0.2, -0.15) is 0 Å². The largest absolute Gasteiger partial charge is 0.391 e. The Balaban J connectivity index is 2.91. The molecule has 0 saturated heterocycles. The minimum atomic E-state index is -0.599. The quantitative estimate of drug-likeness (QED) is 0.510. The SMILES string of the molecule is CNc1ncnc(NCC(O)C(C)C)c1[N+](=O)[O-]. The van der Waals surface area contributed by atoms with Crippen molar-refractivity contribution >= 4 is 17.3 Å². The van der Waals surface area contributed by atoms with Gasteiger partial charge in [-0.1, -0.05) is 13.8 Å². The number of hydrogen-bond acceptors (Lipinski definition) is 7. The average Bonchev–Trinajstić information content (AvgIpc) is 2.34. The molecule has 8 nitrogen and oxygen atoms in total. The average molecular weight is 255 g/mol. The summed E-state index contributed by atoms with van der Waals surface area (Å²) in [5.74, 6) is 0.290. The van der Waals surface area contributed by atoms with Crippen LogP contribution in [0.1, 0.15) is 13.8 Å². The van der Waals surface area contributed by atoms with E-state index in [1.165, 1.54) is 6.33 Å². The van der Waals surface area contributed by atoms with E-state index in [4.69, 9.17) is 0 Å². The molecule has 0 fully saturated rings. The van der Waals surface area contributed by atoms with Crippen LogP contribution in [0, 0.1) is 16.0 Å². The maximum absolute atomic E-state index is 11.0. The Morgan fingerprint density at radius 1 is 1.44 bits per heavy atom. The summed E-state index contributed by atoms with van der Waals surface area (Å²) in [7, 11) is 1.54. The second kappa shape index (κ2) is 6.10. The van der Waals surface area contributed by atoms with E-state index in [1.54, 1.807) is 7.05 Å². The Labute approximate surface area is 105 Å². The van der Waals surface area contributed by atoms with Crippen LogP contribution in [0.15, 0.2) is 6.33 Å². The summed E-state index contributed by atoms with van der Waals surface area (Å²) in [6.45, 7) is 3.91. The number of nitrogens with zero attached hydrogens (tertiary/aromatic N) is 3. The molecule has 0 aliphatic heterocycles. The Bertz CT molecular complexity index is 424. The highest BCUT2D eigenvalue weighted by atomic mass is 16.6. The lowest BCUT2D eigenvalue weighted by atomic mass is 10.1. The third-order valence-electron chi connectivity index (χ3n) is 2.49. The van der Waals surface area contributed by atoms with Crippen molar-refractivity contribution in [3.63, 3.8) is 0 Å². The van der Waals surface area contributed by atoms with Crippen molar-refractivity contribution in [2.75, 3.05) is 24.2 Å². The standard InChI is InChI=1S/C10H17N5O3/c1-6(2)7(16)4-12-10-8(15(17)18)9(11-3)13-5-14-10/h5-7,16H,4H2,1-3H3,(H2,11,12,13,14). The number of aliphatic hydroxyl groups is 1. The van der Waals surface area contributed by atoms with E-state index in [1.807, 2.05) is 13.8 Å². The van der Waals surface area contributed by atoms with Crippen molar-refractivity contribution in [2.45, 2.75) is 20.0 Å². The Morgan fingerprint density at radius 2 is 2.06 bits per heavy atom. The molecule has 0 bridgehead atoms.